The van der Waals surface area contributed by atoms with Crippen molar-refractivity contribution in [3.8, 4) is 34.3 Å². The highest BCUT2D eigenvalue weighted by Crippen LogP contribution is 2.27. The van der Waals surface area contributed by atoms with E-state index in [4.69, 9.17) is 4.74 Å². The molecule has 3 heterocycles. The lowest BCUT2D eigenvalue weighted by Crippen LogP contribution is -2.17. The van der Waals surface area contributed by atoms with E-state index in [2.05, 4.69) is 55.8 Å². The summed E-state index contributed by atoms with van der Waals surface area (Å²) in [5.74, 6) is 0.504. The lowest BCUT2D eigenvalue weighted by molar-refractivity contribution is -0.385. The summed E-state index contributed by atoms with van der Waals surface area (Å²) < 4.78 is 9.97. The lowest BCUT2D eigenvalue weighted by atomic mass is 10.1. The number of ether oxygens (including phenoxy) is 1. The van der Waals surface area contributed by atoms with Crippen LogP contribution in [0.3, 0.4) is 0 Å². The number of rotatable bonds is 9. The van der Waals surface area contributed by atoms with Gasteiger partial charge >= 0.3 is 0 Å². The first kappa shape index (κ1) is 29.8. The molecule has 0 unspecified atom stereocenters. The molecule has 0 fully saturated rings. The molecule has 0 atom stereocenters. The summed E-state index contributed by atoms with van der Waals surface area (Å²) in [6, 6.07) is 34.1. The summed E-state index contributed by atoms with van der Waals surface area (Å²) in [6.07, 6.45) is 2.79. The van der Waals surface area contributed by atoms with Crippen molar-refractivity contribution in [1.29, 1.82) is 0 Å². The number of amides is 1. The summed E-state index contributed by atoms with van der Waals surface area (Å²) in [7, 11) is 0. The van der Waals surface area contributed by atoms with Gasteiger partial charge in [0.25, 0.3) is 11.6 Å². The topological polar surface area (TPSA) is 117 Å². The third-order valence-corrected chi connectivity index (χ3v) is 7.62. The maximum Gasteiger partial charge on any atom is 0.287 e. The number of hydrazone groups is 1. The van der Waals surface area contributed by atoms with Gasteiger partial charge < -0.3 is 13.9 Å². The molecule has 46 heavy (non-hydrogen) atoms. The Balaban J connectivity index is 1.11. The predicted molar refractivity (Wildman–Crippen MR) is 177 cm³/mol. The molecule has 6 aromatic rings. The summed E-state index contributed by atoms with van der Waals surface area (Å²) in [5, 5.41) is 15.1. The molecule has 0 radical (unpaired) electrons. The molecule has 0 aliphatic carbocycles. The van der Waals surface area contributed by atoms with Gasteiger partial charge in [0, 0.05) is 51.7 Å². The Morgan fingerprint density at radius 3 is 2.22 bits per heavy atom. The van der Waals surface area contributed by atoms with Gasteiger partial charge in [-0.15, -0.1) is 0 Å². The maximum absolute atomic E-state index is 12.9. The van der Waals surface area contributed by atoms with Gasteiger partial charge in [0.2, 0.25) is 5.88 Å². The van der Waals surface area contributed by atoms with Crippen molar-refractivity contribution < 1.29 is 14.5 Å². The average Bonchev–Trinajstić information content (AvgIpc) is 3.59. The van der Waals surface area contributed by atoms with Crippen LogP contribution >= 0.6 is 0 Å². The molecule has 0 aliphatic rings. The van der Waals surface area contributed by atoms with E-state index in [1.807, 2.05) is 62.4 Å². The van der Waals surface area contributed by atoms with Gasteiger partial charge in [0.05, 0.1) is 16.8 Å². The Kier molecular flexibility index (Phi) is 8.25. The lowest BCUT2D eigenvalue weighted by Gasteiger charge is -2.12. The largest absolute Gasteiger partial charge is 0.439 e. The SMILES string of the molecule is Cc1ccc(-c2ccccc2)n1-c1ccc(C(=O)N/N=C/c2cc(C)n(-c3ccc(Oc4ccc([N+](=O)[O-])cn4)cc3)c2C)cc1. The summed E-state index contributed by atoms with van der Waals surface area (Å²) >= 11 is 0. The Bertz CT molecular complexity index is 2040. The van der Waals surface area contributed by atoms with E-state index in [0.717, 1.165) is 51.5 Å². The van der Waals surface area contributed by atoms with Gasteiger partial charge in [-0.2, -0.15) is 5.10 Å². The first-order valence-electron chi connectivity index (χ1n) is 14.5. The fourth-order valence-electron chi connectivity index (χ4n) is 5.34. The molecular weight excluding hydrogens is 580 g/mol. The van der Waals surface area contributed by atoms with Crippen LogP contribution in [0, 0.1) is 30.9 Å². The highest BCUT2D eigenvalue weighted by molar-refractivity contribution is 5.95. The number of nitrogens with one attached hydrogen (secondary N) is 1. The number of carbonyl (C=O) groups excluding carboxylic acids is 1. The quantitative estimate of drug-likeness (QED) is 0.102. The normalized spacial score (nSPS) is 11.1. The minimum atomic E-state index is -0.508. The zero-order valence-corrected chi connectivity index (χ0v) is 25.4. The van der Waals surface area contributed by atoms with Gasteiger partial charge in [-0.05, 0) is 93.1 Å². The van der Waals surface area contributed by atoms with Crippen LogP contribution in [0.15, 0.2) is 120 Å². The van der Waals surface area contributed by atoms with Crippen LogP contribution in [0.4, 0.5) is 5.69 Å². The van der Waals surface area contributed by atoms with Crippen LogP contribution in [0.25, 0.3) is 22.6 Å². The summed E-state index contributed by atoms with van der Waals surface area (Å²) in [5.41, 5.74) is 11.0. The number of hydrogen-bond donors (Lipinski definition) is 1. The number of carbonyl (C=O) groups is 1. The number of nitro groups is 1. The molecule has 10 nitrogen and oxygen atoms in total. The Morgan fingerprint density at radius 1 is 0.848 bits per heavy atom. The van der Waals surface area contributed by atoms with Gasteiger partial charge in [-0.1, -0.05) is 30.3 Å². The first-order chi connectivity index (χ1) is 22.3. The van der Waals surface area contributed by atoms with Crippen LogP contribution in [-0.2, 0) is 0 Å². The third kappa shape index (κ3) is 6.18. The zero-order chi connectivity index (χ0) is 32.2. The number of hydrogen-bond acceptors (Lipinski definition) is 6. The fraction of sp³-hybridized carbons (Fsp3) is 0.0833. The van der Waals surface area contributed by atoms with Crippen molar-refractivity contribution in [2.75, 3.05) is 0 Å². The van der Waals surface area contributed by atoms with Crippen molar-refractivity contribution in [2.24, 2.45) is 5.10 Å². The number of pyridine rings is 1. The van der Waals surface area contributed by atoms with E-state index in [1.165, 1.54) is 12.1 Å². The van der Waals surface area contributed by atoms with Gasteiger partial charge in [0.1, 0.15) is 11.9 Å². The van der Waals surface area contributed by atoms with Crippen LogP contribution in [0.2, 0.25) is 0 Å². The molecule has 6 rings (SSSR count). The van der Waals surface area contributed by atoms with E-state index >= 15 is 0 Å². The van der Waals surface area contributed by atoms with E-state index in [9.17, 15) is 14.9 Å². The Hall–Kier alpha value is -6.29. The molecule has 10 heteroatoms. The summed E-state index contributed by atoms with van der Waals surface area (Å²) in [6.45, 7) is 6.03. The molecular formula is C36H30N6O4. The molecule has 3 aromatic heterocycles. The van der Waals surface area contributed by atoms with E-state index < -0.39 is 4.92 Å². The van der Waals surface area contributed by atoms with E-state index in [0.29, 0.717) is 11.3 Å². The predicted octanol–water partition coefficient (Wildman–Crippen LogP) is 7.72. The zero-order valence-electron chi connectivity index (χ0n) is 25.4. The second-order valence-corrected chi connectivity index (χ2v) is 10.7. The third-order valence-electron chi connectivity index (χ3n) is 7.62. The van der Waals surface area contributed by atoms with Gasteiger partial charge in [0.15, 0.2) is 0 Å². The molecule has 0 aliphatic heterocycles. The average molecular weight is 611 g/mol. The standard InChI is InChI=1S/C36H30N6O4/c1-24-9-19-34(27-7-5-4-6-8-27)41(24)31-12-10-28(11-13-31)36(43)39-38-22-29-21-25(2)40(26(29)3)30-14-17-33(18-15-30)46-35-20-16-32(23-37-35)42(44)45/h4-23H,1-3H3,(H,39,43)/b38-22+. The first-order valence-corrected chi connectivity index (χ1v) is 14.5. The van der Waals surface area contributed by atoms with Crippen molar-refractivity contribution >= 4 is 17.8 Å². The molecule has 0 saturated heterocycles. The van der Waals surface area contributed by atoms with Crippen LogP contribution < -0.4 is 10.2 Å². The van der Waals surface area contributed by atoms with Crippen molar-refractivity contribution in [2.45, 2.75) is 20.8 Å². The molecule has 1 N–H and O–H groups in total. The highest BCUT2D eigenvalue weighted by Gasteiger charge is 2.13. The van der Waals surface area contributed by atoms with Crippen LogP contribution in [0.5, 0.6) is 11.6 Å². The Labute approximate surface area is 265 Å². The molecule has 1 amide bonds. The van der Waals surface area contributed by atoms with Crippen LogP contribution in [-0.4, -0.2) is 31.2 Å². The van der Waals surface area contributed by atoms with Crippen LogP contribution in [0.1, 0.15) is 33.0 Å². The van der Waals surface area contributed by atoms with E-state index in [-0.39, 0.29) is 17.5 Å². The minimum absolute atomic E-state index is 0.102. The smallest absolute Gasteiger partial charge is 0.287 e. The second-order valence-electron chi connectivity index (χ2n) is 10.7. The van der Waals surface area contributed by atoms with Crippen molar-refractivity contribution in [1.82, 2.24) is 19.5 Å². The monoisotopic (exact) mass is 610 g/mol. The minimum Gasteiger partial charge on any atom is -0.439 e. The molecule has 3 aromatic carbocycles. The Morgan fingerprint density at radius 2 is 1.54 bits per heavy atom. The molecule has 0 spiro atoms. The van der Waals surface area contributed by atoms with Crippen molar-refractivity contribution in [3.05, 3.63) is 154 Å². The van der Waals surface area contributed by atoms with E-state index in [1.54, 1.807) is 30.5 Å². The van der Waals surface area contributed by atoms with Gasteiger partial charge in [-0.25, -0.2) is 10.4 Å². The molecule has 0 bridgehead atoms. The van der Waals surface area contributed by atoms with Crippen molar-refractivity contribution in [3.63, 3.8) is 0 Å². The van der Waals surface area contributed by atoms with Gasteiger partial charge in [-0.3, -0.25) is 14.9 Å². The number of benzene rings is 3. The highest BCUT2D eigenvalue weighted by atomic mass is 16.6. The summed E-state index contributed by atoms with van der Waals surface area (Å²) in [4.78, 5) is 27.2. The number of aromatic nitrogens is 3. The number of aryl methyl sites for hydroxylation is 2. The molecule has 228 valence electrons. The number of nitrogens with zero attached hydrogens (tertiary/aromatic N) is 5. The second kappa shape index (κ2) is 12.7. The fourth-order valence-corrected chi connectivity index (χ4v) is 5.34. The molecule has 0 saturated carbocycles. The maximum atomic E-state index is 12.9.